The summed E-state index contributed by atoms with van der Waals surface area (Å²) in [5.41, 5.74) is 0.0979. The Labute approximate surface area is 98.3 Å². The summed E-state index contributed by atoms with van der Waals surface area (Å²) >= 11 is 0. The van der Waals surface area contributed by atoms with Gasteiger partial charge in [0.25, 0.3) is 0 Å². The van der Waals surface area contributed by atoms with Crippen LogP contribution in [0.4, 0.5) is 4.39 Å². The van der Waals surface area contributed by atoms with Gasteiger partial charge >= 0.3 is 5.97 Å². The second-order valence-corrected chi connectivity index (χ2v) is 3.48. The Morgan fingerprint density at radius 2 is 2.00 bits per heavy atom. The van der Waals surface area contributed by atoms with Crippen molar-refractivity contribution < 1.29 is 23.5 Å². The van der Waals surface area contributed by atoms with Gasteiger partial charge in [-0.25, -0.2) is 9.18 Å². The summed E-state index contributed by atoms with van der Waals surface area (Å²) in [6, 6.07) is 3.54. The molecule has 0 fully saturated rings. The zero-order valence-electron chi connectivity index (χ0n) is 9.82. The highest BCUT2D eigenvalue weighted by Crippen LogP contribution is 2.21. The van der Waals surface area contributed by atoms with Crippen molar-refractivity contribution in [3.05, 3.63) is 29.6 Å². The third-order valence-corrected chi connectivity index (χ3v) is 2.16. The maximum Gasteiger partial charge on any atom is 0.346 e. The number of carbonyl (C=O) groups excluding carboxylic acids is 2. The monoisotopic (exact) mass is 240 g/mol. The highest BCUT2D eigenvalue weighted by molar-refractivity contribution is 5.96. The average molecular weight is 240 g/mol. The minimum absolute atomic E-state index is 0.0979. The molecular formula is C12H13FO4. The molecule has 1 atom stereocenters. The van der Waals surface area contributed by atoms with Gasteiger partial charge in [0.15, 0.2) is 11.9 Å². The number of hydrogen-bond donors (Lipinski definition) is 0. The van der Waals surface area contributed by atoms with Crippen LogP contribution in [0.1, 0.15) is 24.2 Å². The van der Waals surface area contributed by atoms with Crippen LogP contribution >= 0.6 is 0 Å². The Kier molecular flexibility index (Phi) is 4.20. The molecule has 0 aromatic heterocycles. The lowest BCUT2D eigenvalue weighted by Crippen LogP contribution is -2.25. The van der Waals surface area contributed by atoms with Crippen molar-refractivity contribution in [2.24, 2.45) is 0 Å². The zero-order chi connectivity index (χ0) is 13.0. The molecule has 1 aromatic carbocycles. The fourth-order valence-corrected chi connectivity index (χ4v) is 1.28. The number of methoxy groups -OCH3 is 1. The molecule has 0 saturated carbocycles. The van der Waals surface area contributed by atoms with Crippen LogP contribution in [0.2, 0.25) is 0 Å². The SMILES string of the molecule is COC(=O)C(C)Oc1ccc(F)cc1C(C)=O. The third kappa shape index (κ3) is 3.27. The van der Waals surface area contributed by atoms with Crippen LogP contribution in [0, 0.1) is 5.82 Å². The van der Waals surface area contributed by atoms with Crippen LogP contribution in [0.3, 0.4) is 0 Å². The van der Waals surface area contributed by atoms with E-state index in [-0.39, 0.29) is 17.1 Å². The molecule has 0 aliphatic rings. The minimum atomic E-state index is -0.858. The van der Waals surface area contributed by atoms with Crippen molar-refractivity contribution in [3.63, 3.8) is 0 Å². The quantitative estimate of drug-likeness (QED) is 0.596. The summed E-state index contributed by atoms with van der Waals surface area (Å²) in [6.45, 7) is 2.78. The van der Waals surface area contributed by atoms with Crippen molar-refractivity contribution in [3.8, 4) is 5.75 Å². The molecule has 0 amide bonds. The molecule has 0 aliphatic heterocycles. The first kappa shape index (κ1) is 13.2. The van der Waals surface area contributed by atoms with Crippen molar-refractivity contribution in [2.75, 3.05) is 7.11 Å². The van der Waals surface area contributed by atoms with E-state index in [0.717, 1.165) is 12.1 Å². The topological polar surface area (TPSA) is 52.6 Å². The third-order valence-electron chi connectivity index (χ3n) is 2.16. The number of ketones is 1. The number of hydrogen-bond acceptors (Lipinski definition) is 4. The molecule has 0 radical (unpaired) electrons. The number of ether oxygens (including phenoxy) is 2. The lowest BCUT2D eigenvalue weighted by molar-refractivity contribution is -0.147. The molecule has 1 aromatic rings. The summed E-state index contributed by atoms with van der Waals surface area (Å²) < 4.78 is 22.7. The second-order valence-electron chi connectivity index (χ2n) is 3.48. The second kappa shape index (κ2) is 5.43. The van der Waals surface area contributed by atoms with Gasteiger partial charge in [0.1, 0.15) is 11.6 Å². The molecule has 0 heterocycles. The van der Waals surface area contributed by atoms with Gasteiger partial charge in [-0.1, -0.05) is 0 Å². The summed E-state index contributed by atoms with van der Waals surface area (Å²) in [5, 5.41) is 0. The van der Waals surface area contributed by atoms with E-state index in [4.69, 9.17) is 4.74 Å². The Hall–Kier alpha value is -1.91. The predicted molar refractivity (Wildman–Crippen MR) is 58.5 cm³/mol. The van der Waals surface area contributed by atoms with E-state index < -0.39 is 17.9 Å². The average Bonchev–Trinajstić information content (AvgIpc) is 2.29. The first-order valence-electron chi connectivity index (χ1n) is 5.00. The molecule has 0 spiro atoms. The van der Waals surface area contributed by atoms with E-state index in [2.05, 4.69) is 4.74 Å². The highest BCUT2D eigenvalue weighted by atomic mass is 19.1. The molecule has 0 aliphatic carbocycles. The van der Waals surface area contributed by atoms with Crippen LogP contribution in [0.5, 0.6) is 5.75 Å². The largest absolute Gasteiger partial charge is 0.478 e. The number of rotatable bonds is 4. The van der Waals surface area contributed by atoms with Crippen molar-refractivity contribution in [2.45, 2.75) is 20.0 Å². The van der Waals surface area contributed by atoms with Crippen LogP contribution in [-0.2, 0) is 9.53 Å². The maximum absolute atomic E-state index is 13.0. The zero-order valence-corrected chi connectivity index (χ0v) is 9.82. The normalized spacial score (nSPS) is 11.8. The first-order chi connectivity index (χ1) is 7.95. The fraction of sp³-hybridized carbons (Fsp3) is 0.333. The Morgan fingerprint density at radius 1 is 1.35 bits per heavy atom. The fourth-order valence-electron chi connectivity index (χ4n) is 1.28. The number of benzene rings is 1. The molecule has 1 rings (SSSR count). The van der Waals surface area contributed by atoms with E-state index in [0.29, 0.717) is 0 Å². The number of Topliss-reactive ketones (excluding diaryl/α,β-unsaturated/α-hetero) is 1. The van der Waals surface area contributed by atoms with Gasteiger partial charge in [-0.2, -0.15) is 0 Å². The Bertz CT molecular complexity index is 442. The number of carbonyl (C=O) groups is 2. The molecule has 1 unspecified atom stereocenters. The van der Waals surface area contributed by atoms with Gasteiger partial charge in [-0.3, -0.25) is 4.79 Å². The molecule has 0 bridgehead atoms. The molecular weight excluding hydrogens is 227 g/mol. The van der Waals surface area contributed by atoms with Gasteiger partial charge in [0.2, 0.25) is 0 Å². The Morgan fingerprint density at radius 3 is 2.53 bits per heavy atom. The van der Waals surface area contributed by atoms with E-state index in [1.54, 1.807) is 0 Å². The van der Waals surface area contributed by atoms with Crippen LogP contribution in [-0.4, -0.2) is 25.0 Å². The van der Waals surface area contributed by atoms with Crippen LogP contribution < -0.4 is 4.74 Å². The maximum atomic E-state index is 13.0. The predicted octanol–water partition coefficient (Wildman–Crippen LogP) is 1.97. The molecule has 5 heteroatoms. The van der Waals surface area contributed by atoms with Gasteiger partial charge < -0.3 is 9.47 Å². The van der Waals surface area contributed by atoms with Gasteiger partial charge in [0, 0.05) is 0 Å². The van der Waals surface area contributed by atoms with E-state index in [9.17, 15) is 14.0 Å². The van der Waals surface area contributed by atoms with Crippen molar-refractivity contribution >= 4 is 11.8 Å². The molecule has 0 N–H and O–H groups in total. The Balaban J connectivity index is 2.98. The van der Waals surface area contributed by atoms with E-state index >= 15 is 0 Å². The lowest BCUT2D eigenvalue weighted by Gasteiger charge is -2.14. The van der Waals surface area contributed by atoms with Crippen molar-refractivity contribution in [1.29, 1.82) is 0 Å². The highest BCUT2D eigenvalue weighted by Gasteiger charge is 2.18. The van der Waals surface area contributed by atoms with E-state index in [1.807, 2.05) is 0 Å². The summed E-state index contributed by atoms with van der Waals surface area (Å²) in [7, 11) is 1.23. The summed E-state index contributed by atoms with van der Waals surface area (Å²) in [4.78, 5) is 22.4. The molecule has 17 heavy (non-hydrogen) atoms. The summed E-state index contributed by atoms with van der Waals surface area (Å²) in [6.07, 6.45) is -0.858. The standard InChI is InChI=1S/C12H13FO4/c1-7(14)10-6-9(13)4-5-11(10)17-8(2)12(15)16-3/h4-6,8H,1-3H3. The molecule has 0 saturated heterocycles. The smallest absolute Gasteiger partial charge is 0.346 e. The van der Waals surface area contributed by atoms with Gasteiger partial charge in [0.05, 0.1) is 12.7 Å². The summed E-state index contributed by atoms with van der Waals surface area (Å²) in [5.74, 6) is -1.27. The first-order valence-corrected chi connectivity index (χ1v) is 5.00. The van der Waals surface area contributed by atoms with Crippen molar-refractivity contribution in [1.82, 2.24) is 0 Å². The minimum Gasteiger partial charge on any atom is -0.478 e. The number of esters is 1. The van der Waals surface area contributed by atoms with Gasteiger partial charge in [-0.15, -0.1) is 0 Å². The lowest BCUT2D eigenvalue weighted by atomic mass is 10.1. The molecule has 92 valence electrons. The molecule has 4 nitrogen and oxygen atoms in total. The number of halogens is 1. The van der Waals surface area contributed by atoms with Crippen LogP contribution in [0.15, 0.2) is 18.2 Å². The van der Waals surface area contributed by atoms with E-state index in [1.165, 1.54) is 27.0 Å². The van der Waals surface area contributed by atoms with Crippen LogP contribution in [0.25, 0.3) is 0 Å². The van der Waals surface area contributed by atoms with Gasteiger partial charge in [-0.05, 0) is 32.0 Å².